The van der Waals surface area contributed by atoms with Gasteiger partial charge in [-0.1, -0.05) is 20.8 Å². The van der Waals surface area contributed by atoms with Gasteiger partial charge in [0.2, 0.25) is 0 Å². The van der Waals surface area contributed by atoms with Crippen LogP contribution < -0.4 is 5.43 Å². The lowest BCUT2D eigenvalue weighted by molar-refractivity contribution is 0.275. The molecule has 0 aromatic rings. The van der Waals surface area contributed by atoms with Gasteiger partial charge in [-0.25, -0.2) is 5.01 Å². The Balaban J connectivity index is -0.000000109. The van der Waals surface area contributed by atoms with E-state index in [9.17, 15) is 0 Å². The van der Waals surface area contributed by atoms with Crippen LogP contribution >= 0.6 is 0 Å². The van der Waals surface area contributed by atoms with Crippen molar-refractivity contribution in [3.63, 3.8) is 0 Å². The van der Waals surface area contributed by atoms with E-state index in [2.05, 4.69) is 12.3 Å². The van der Waals surface area contributed by atoms with Gasteiger partial charge in [0.05, 0.1) is 0 Å². The van der Waals surface area contributed by atoms with E-state index in [1.54, 1.807) is 6.92 Å². The van der Waals surface area contributed by atoms with E-state index in [1.807, 2.05) is 33.0 Å². The monoisotopic (exact) mass is 164 g/mol. The van der Waals surface area contributed by atoms with Gasteiger partial charge in [0, 0.05) is 20.2 Å². The number of hydrogen-bond donors (Lipinski definition) is 2. The maximum absolute atomic E-state index is 7.57. The van der Waals surface area contributed by atoms with Gasteiger partial charge in [-0.2, -0.15) is 0 Å². The van der Waals surface area contributed by atoms with E-state index >= 15 is 0 Å². The molecule has 0 bridgehead atoms. The van der Waals surface area contributed by atoms with E-state index in [4.69, 9.17) is 5.11 Å². The molecule has 3 nitrogen and oxygen atoms in total. The highest BCUT2D eigenvalue weighted by Crippen LogP contribution is 1.64. The van der Waals surface area contributed by atoms with Gasteiger partial charge in [0.1, 0.15) is 0 Å². The van der Waals surface area contributed by atoms with Crippen LogP contribution in [0.3, 0.4) is 0 Å². The molecule has 72 valence electrons. The van der Waals surface area contributed by atoms with Crippen LogP contribution in [0.5, 0.6) is 0 Å². The van der Waals surface area contributed by atoms with Gasteiger partial charge in [-0.05, 0) is 14.0 Å². The van der Waals surface area contributed by atoms with Crippen molar-refractivity contribution in [2.24, 2.45) is 0 Å². The number of nitrogens with zero attached hydrogens (tertiary/aromatic N) is 1. The molecule has 0 aromatic heterocycles. The number of rotatable bonds is 2. The molecule has 0 aliphatic carbocycles. The molecule has 3 heteroatoms. The van der Waals surface area contributed by atoms with Crippen molar-refractivity contribution in [1.29, 1.82) is 0 Å². The summed E-state index contributed by atoms with van der Waals surface area (Å²) in [6.45, 7) is 9.08. The number of aliphatic hydroxyl groups excluding tert-OH is 1. The summed E-state index contributed by atoms with van der Waals surface area (Å²) in [5, 5.41) is 9.57. The molecule has 0 atom stereocenters. The molecule has 0 saturated heterocycles. The Morgan fingerprint density at radius 1 is 1.27 bits per heavy atom. The van der Waals surface area contributed by atoms with Gasteiger partial charge in [0.25, 0.3) is 0 Å². The molecule has 0 saturated carbocycles. The first-order valence-corrected chi connectivity index (χ1v) is 4.22. The molecule has 0 aliphatic heterocycles. The zero-order chi connectivity index (χ0) is 9.70. The average Bonchev–Trinajstić information content (AvgIpc) is 2.08. The van der Waals surface area contributed by atoms with Crippen molar-refractivity contribution in [2.45, 2.75) is 27.7 Å². The van der Waals surface area contributed by atoms with Crippen LogP contribution in [0.4, 0.5) is 0 Å². The normalized spacial score (nSPS) is 7.64. The Morgan fingerprint density at radius 3 is 1.55 bits per heavy atom. The maximum atomic E-state index is 7.57. The summed E-state index contributed by atoms with van der Waals surface area (Å²) in [6, 6.07) is 0. The smallest absolute Gasteiger partial charge is 0.0402 e. The van der Waals surface area contributed by atoms with E-state index in [1.165, 1.54) is 0 Å². The molecule has 0 radical (unpaired) electrons. The lowest BCUT2D eigenvalue weighted by atomic mass is 10.7. The minimum absolute atomic E-state index is 0.250. The number of nitrogens with one attached hydrogen (secondary N) is 1. The zero-order valence-corrected chi connectivity index (χ0v) is 8.81. The van der Waals surface area contributed by atoms with Crippen molar-refractivity contribution < 1.29 is 5.11 Å². The zero-order valence-electron chi connectivity index (χ0n) is 8.81. The number of hydrazine groups is 1. The van der Waals surface area contributed by atoms with Crippen LogP contribution in [0, 0.1) is 0 Å². The summed E-state index contributed by atoms with van der Waals surface area (Å²) in [4.78, 5) is 0. The highest BCUT2D eigenvalue weighted by Gasteiger charge is 1.79. The minimum atomic E-state index is 0.250. The number of hydrogen-bond acceptors (Lipinski definition) is 3. The maximum Gasteiger partial charge on any atom is 0.0402 e. The van der Waals surface area contributed by atoms with Crippen molar-refractivity contribution >= 4 is 0 Å². The topological polar surface area (TPSA) is 35.5 Å². The van der Waals surface area contributed by atoms with Crippen LogP contribution in [0.25, 0.3) is 0 Å². The summed E-state index contributed by atoms with van der Waals surface area (Å²) in [5.41, 5.74) is 2.95. The Labute approximate surface area is 71.4 Å². The first kappa shape index (κ1) is 17.1. The largest absolute Gasteiger partial charge is 0.397 e. The highest BCUT2D eigenvalue weighted by atomic mass is 16.2. The van der Waals surface area contributed by atoms with Crippen LogP contribution in [0.1, 0.15) is 27.7 Å². The van der Waals surface area contributed by atoms with Crippen molar-refractivity contribution in [3.05, 3.63) is 0 Å². The first-order chi connectivity index (χ1) is 5.22. The van der Waals surface area contributed by atoms with E-state index in [-0.39, 0.29) is 6.61 Å². The van der Waals surface area contributed by atoms with Crippen LogP contribution in [0.15, 0.2) is 0 Å². The first-order valence-electron chi connectivity index (χ1n) is 4.22. The third-order valence-electron chi connectivity index (χ3n) is 0.856. The molecular weight excluding hydrogens is 140 g/mol. The Morgan fingerprint density at radius 2 is 1.55 bits per heavy atom. The second-order valence-corrected chi connectivity index (χ2v) is 1.55. The Bertz CT molecular complexity index is 39.1. The minimum Gasteiger partial charge on any atom is -0.397 e. The summed E-state index contributed by atoms with van der Waals surface area (Å²) in [6.07, 6.45) is 0. The van der Waals surface area contributed by atoms with Crippen molar-refractivity contribution in [3.8, 4) is 0 Å². The molecule has 0 rings (SSSR count). The summed E-state index contributed by atoms with van der Waals surface area (Å²) < 4.78 is 0. The fourth-order valence-electron chi connectivity index (χ4n) is 0.158. The van der Waals surface area contributed by atoms with Gasteiger partial charge in [-0.15, -0.1) is 0 Å². The molecule has 0 amide bonds. The third-order valence-corrected chi connectivity index (χ3v) is 0.856. The molecule has 0 spiro atoms. The van der Waals surface area contributed by atoms with E-state index in [0.29, 0.717) is 0 Å². The van der Waals surface area contributed by atoms with Crippen LogP contribution in [-0.2, 0) is 0 Å². The summed E-state index contributed by atoms with van der Waals surface area (Å²) in [5.74, 6) is 0. The highest BCUT2D eigenvalue weighted by molar-refractivity contribution is 4.27. The van der Waals surface area contributed by atoms with Gasteiger partial charge in [-0.3, -0.25) is 5.43 Å². The second kappa shape index (κ2) is 22.5. The second-order valence-electron chi connectivity index (χ2n) is 1.55. The molecular formula is C8H24N2O. The molecule has 0 fully saturated rings. The average molecular weight is 164 g/mol. The van der Waals surface area contributed by atoms with Crippen molar-refractivity contribution in [2.75, 3.05) is 27.2 Å². The predicted molar refractivity (Wildman–Crippen MR) is 51.5 cm³/mol. The van der Waals surface area contributed by atoms with Crippen LogP contribution in [-0.4, -0.2) is 37.4 Å². The molecule has 2 N–H and O–H groups in total. The SMILES string of the molecule is CC.CCN(C)NC.CCO. The van der Waals surface area contributed by atoms with Gasteiger partial charge in [0.15, 0.2) is 0 Å². The van der Waals surface area contributed by atoms with E-state index in [0.717, 1.165) is 6.54 Å². The predicted octanol–water partition coefficient (Wildman–Crippen LogP) is 1.10. The van der Waals surface area contributed by atoms with E-state index < -0.39 is 0 Å². The lowest BCUT2D eigenvalue weighted by Crippen LogP contribution is -2.29. The standard InChI is InChI=1S/C4H12N2.C2H6O.C2H6/c1-4-6(3)5-2;1-2-3;1-2/h5H,4H2,1-3H3;3H,2H2,1H3;1-2H3. The van der Waals surface area contributed by atoms with Gasteiger partial charge >= 0.3 is 0 Å². The lowest BCUT2D eigenvalue weighted by Gasteiger charge is -2.09. The molecule has 0 heterocycles. The summed E-state index contributed by atoms with van der Waals surface area (Å²) >= 11 is 0. The third kappa shape index (κ3) is 40.8. The molecule has 0 unspecified atom stereocenters. The molecule has 0 aliphatic rings. The van der Waals surface area contributed by atoms with Crippen LogP contribution in [0.2, 0.25) is 0 Å². The fraction of sp³-hybridized carbons (Fsp3) is 1.00. The quantitative estimate of drug-likeness (QED) is 0.600. The van der Waals surface area contributed by atoms with Gasteiger partial charge < -0.3 is 5.11 Å². The Hall–Kier alpha value is -0.120. The van der Waals surface area contributed by atoms with Crippen molar-refractivity contribution in [1.82, 2.24) is 10.4 Å². The fourth-order valence-corrected chi connectivity index (χ4v) is 0.158. The molecule has 11 heavy (non-hydrogen) atoms. The summed E-state index contributed by atoms with van der Waals surface area (Å²) in [7, 11) is 3.91. The molecule has 0 aromatic carbocycles. The number of aliphatic hydroxyl groups is 1. The Kier molecular flexibility index (Phi) is 35.0.